The first-order valence-electron chi connectivity index (χ1n) is 6.21. The van der Waals surface area contributed by atoms with E-state index in [2.05, 4.69) is 21.9 Å². The van der Waals surface area contributed by atoms with Crippen molar-refractivity contribution in [3.05, 3.63) is 0 Å². The predicted molar refractivity (Wildman–Crippen MR) is 64.5 cm³/mol. The molecule has 1 N–H and O–H groups in total. The Balaban J connectivity index is 2.17. The number of esters is 1. The molecule has 1 saturated heterocycles. The van der Waals surface area contributed by atoms with Crippen LogP contribution in [0.15, 0.2) is 0 Å². The quantitative estimate of drug-likeness (QED) is 0.715. The number of hydrogen-bond donors (Lipinski definition) is 1. The smallest absolute Gasteiger partial charge is 0.307 e. The molecule has 17 heavy (non-hydrogen) atoms. The summed E-state index contributed by atoms with van der Waals surface area (Å²) in [5, 5.41) is 2.73. The molecule has 0 aromatic heterocycles. The number of carbonyl (C=O) groups is 2. The highest BCUT2D eigenvalue weighted by Crippen LogP contribution is 2.15. The summed E-state index contributed by atoms with van der Waals surface area (Å²) < 4.78 is 4.50. The topological polar surface area (TPSA) is 58.6 Å². The Morgan fingerprint density at radius 1 is 1.41 bits per heavy atom. The SMILES string of the molecule is COC(=O)CCNC(=O)CN1CCCCC1C. The van der Waals surface area contributed by atoms with Gasteiger partial charge in [0.15, 0.2) is 0 Å². The molecule has 0 spiro atoms. The van der Waals surface area contributed by atoms with Crippen LogP contribution >= 0.6 is 0 Å². The van der Waals surface area contributed by atoms with Crippen molar-refractivity contribution in [3.63, 3.8) is 0 Å². The number of nitrogens with zero attached hydrogens (tertiary/aromatic N) is 1. The number of methoxy groups -OCH3 is 1. The fourth-order valence-corrected chi connectivity index (χ4v) is 2.04. The predicted octanol–water partition coefficient (Wildman–Crippen LogP) is 0.540. The summed E-state index contributed by atoms with van der Waals surface area (Å²) >= 11 is 0. The number of hydrogen-bond acceptors (Lipinski definition) is 4. The van der Waals surface area contributed by atoms with Crippen LogP contribution < -0.4 is 5.32 Å². The molecule has 98 valence electrons. The van der Waals surface area contributed by atoms with E-state index in [1.165, 1.54) is 20.0 Å². The number of likely N-dealkylation sites (tertiary alicyclic amines) is 1. The van der Waals surface area contributed by atoms with Crippen molar-refractivity contribution >= 4 is 11.9 Å². The lowest BCUT2D eigenvalue weighted by Crippen LogP contribution is -2.44. The molecule has 0 aliphatic carbocycles. The summed E-state index contributed by atoms with van der Waals surface area (Å²) in [6, 6.07) is 0.482. The summed E-state index contributed by atoms with van der Waals surface area (Å²) in [6.07, 6.45) is 3.81. The average molecular weight is 242 g/mol. The third kappa shape index (κ3) is 5.17. The van der Waals surface area contributed by atoms with Crippen LogP contribution in [0, 0.1) is 0 Å². The maximum atomic E-state index is 11.6. The van der Waals surface area contributed by atoms with Crippen molar-refractivity contribution in [1.29, 1.82) is 0 Å². The van der Waals surface area contributed by atoms with Crippen molar-refractivity contribution in [2.45, 2.75) is 38.6 Å². The van der Waals surface area contributed by atoms with Gasteiger partial charge in [-0.15, -0.1) is 0 Å². The monoisotopic (exact) mass is 242 g/mol. The molecule has 0 aromatic carbocycles. The van der Waals surface area contributed by atoms with Gasteiger partial charge in [0.1, 0.15) is 0 Å². The third-order valence-electron chi connectivity index (χ3n) is 3.17. The van der Waals surface area contributed by atoms with E-state index in [4.69, 9.17) is 0 Å². The molecule has 1 heterocycles. The van der Waals surface area contributed by atoms with Crippen LogP contribution in [-0.2, 0) is 14.3 Å². The Hall–Kier alpha value is -1.10. The van der Waals surface area contributed by atoms with Gasteiger partial charge in [-0.05, 0) is 26.3 Å². The van der Waals surface area contributed by atoms with E-state index >= 15 is 0 Å². The van der Waals surface area contributed by atoms with Crippen LogP contribution in [0.4, 0.5) is 0 Å². The molecule has 1 rings (SSSR count). The average Bonchev–Trinajstić information content (AvgIpc) is 2.32. The number of ether oxygens (including phenoxy) is 1. The van der Waals surface area contributed by atoms with Gasteiger partial charge < -0.3 is 10.1 Å². The van der Waals surface area contributed by atoms with Gasteiger partial charge in [0, 0.05) is 12.6 Å². The maximum absolute atomic E-state index is 11.6. The molecule has 0 radical (unpaired) electrons. The minimum absolute atomic E-state index is 0.0114. The minimum Gasteiger partial charge on any atom is -0.469 e. The second-order valence-corrected chi connectivity index (χ2v) is 4.49. The second-order valence-electron chi connectivity index (χ2n) is 4.49. The molecule has 1 atom stereocenters. The van der Waals surface area contributed by atoms with E-state index in [9.17, 15) is 9.59 Å². The van der Waals surface area contributed by atoms with E-state index in [-0.39, 0.29) is 18.3 Å². The lowest BCUT2D eigenvalue weighted by Gasteiger charge is -2.32. The summed E-state index contributed by atoms with van der Waals surface area (Å²) in [5.74, 6) is -0.306. The number of amides is 1. The van der Waals surface area contributed by atoms with Crippen LogP contribution in [0.25, 0.3) is 0 Å². The van der Waals surface area contributed by atoms with E-state index in [0.29, 0.717) is 19.1 Å². The zero-order valence-corrected chi connectivity index (χ0v) is 10.7. The third-order valence-corrected chi connectivity index (χ3v) is 3.17. The van der Waals surface area contributed by atoms with Crippen LogP contribution in [0.3, 0.4) is 0 Å². The summed E-state index contributed by atoms with van der Waals surface area (Å²) in [5.41, 5.74) is 0. The fraction of sp³-hybridized carbons (Fsp3) is 0.833. The summed E-state index contributed by atoms with van der Waals surface area (Å²) in [4.78, 5) is 24.7. The first kappa shape index (κ1) is 14.0. The Morgan fingerprint density at radius 3 is 2.82 bits per heavy atom. The molecular weight excluding hydrogens is 220 g/mol. The molecule has 1 aliphatic rings. The van der Waals surface area contributed by atoms with Gasteiger partial charge in [-0.2, -0.15) is 0 Å². The molecule has 1 fully saturated rings. The van der Waals surface area contributed by atoms with E-state index in [0.717, 1.165) is 13.0 Å². The van der Waals surface area contributed by atoms with Gasteiger partial charge in [-0.3, -0.25) is 14.5 Å². The molecule has 0 saturated carbocycles. The molecule has 5 heteroatoms. The van der Waals surface area contributed by atoms with E-state index in [1.807, 2.05) is 0 Å². The first-order chi connectivity index (χ1) is 8.13. The molecule has 0 bridgehead atoms. The Morgan fingerprint density at radius 2 is 2.18 bits per heavy atom. The van der Waals surface area contributed by atoms with Gasteiger partial charge in [0.2, 0.25) is 5.91 Å². The Labute approximate surface area is 102 Å². The molecule has 1 amide bonds. The highest BCUT2D eigenvalue weighted by atomic mass is 16.5. The van der Waals surface area contributed by atoms with Crippen LogP contribution in [0.2, 0.25) is 0 Å². The summed E-state index contributed by atoms with van der Waals surface area (Å²) in [7, 11) is 1.35. The molecule has 0 aromatic rings. The largest absolute Gasteiger partial charge is 0.469 e. The molecule has 1 unspecified atom stereocenters. The van der Waals surface area contributed by atoms with Crippen LogP contribution in [0.1, 0.15) is 32.6 Å². The Kier molecular flexibility index (Phi) is 5.97. The normalized spacial score (nSPS) is 20.9. The second kappa shape index (κ2) is 7.27. The van der Waals surface area contributed by atoms with Gasteiger partial charge in [-0.25, -0.2) is 0 Å². The highest BCUT2D eigenvalue weighted by Gasteiger charge is 2.20. The first-order valence-corrected chi connectivity index (χ1v) is 6.21. The van der Waals surface area contributed by atoms with Crippen LogP contribution in [0.5, 0.6) is 0 Å². The number of piperidine rings is 1. The van der Waals surface area contributed by atoms with E-state index < -0.39 is 0 Å². The van der Waals surface area contributed by atoms with Crippen molar-refractivity contribution < 1.29 is 14.3 Å². The van der Waals surface area contributed by atoms with E-state index in [1.54, 1.807) is 0 Å². The zero-order chi connectivity index (χ0) is 12.7. The van der Waals surface area contributed by atoms with Crippen molar-refractivity contribution in [2.24, 2.45) is 0 Å². The molecule has 5 nitrogen and oxygen atoms in total. The van der Waals surface area contributed by atoms with Gasteiger partial charge in [0.05, 0.1) is 20.1 Å². The summed E-state index contributed by atoms with van der Waals surface area (Å²) in [6.45, 7) is 3.93. The number of rotatable bonds is 5. The van der Waals surface area contributed by atoms with Crippen LogP contribution in [-0.4, -0.2) is 49.6 Å². The lowest BCUT2D eigenvalue weighted by molar-refractivity contribution is -0.140. The number of nitrogens with one attached hydrogen (secondary N) is 1. The highest BCUT2D eigenvalue weighted by molar-refractivity contribution is 5.78. The standard InChI is InChI=1S/C12H22N2O3/c1-10-5-3-4-8-14(10)9-11(15)13-7-6-12(16)17-2/h10H,3-9H2,1-2H3,(H,13,15). The minimum atomic E-state index is -0.295. The molecular formula is C12H22N2O3. The zero-order valence-electron chi connectivity index (χ0n) is 10.7. The fourth-order valence-electron chi connectivity index (χ4n) is 2.04. The van der Waals surface area contributed by atoms with Crippen molar-refractivity contribution in [1.82, 2.24) is 10.2 Å². The van der Waals surface area contributed by atoms with Gasteiger partial charge in [-0.1, -0.05) is 6.42 Å². The molecule has 1 aliphatic heterocycles. The van der Waals surface area contributed by atoms with Gasteiger partial charge >= 0.3 is 5.97 Å². The maximum Gasteiger partial charge on any atom is 0.307 e. The van der Waals surface area contributed by atoms with Gasteiger partial charge in [0.25, 0.3) is 0 Å². The van der Waals surface area contributed by atoms with Crippen molar-refractivity contribution in [2.75, 3.05) is 26.7 Å². The van der Waals surface area contributed by atoms with Crippen molar-refractivity contribution in [3.8, 4) is 0 Å². The lowest BCUT2D eigenvalue weighted by atomic mass is 10.0. The number of carbonyl (C=O) groups excluding carboxylic acids is 2. The Bertz CT molecular complexity index is 268.